The van der Waals surface area contributed by atoms with Gasteiger partial charge in [-0.05, 0) is 12.1 Å². The third kappa shape index (κ3) is 1.67. The molecule has 1 aliphatic rings. The maximum Gasteiger partial charge on any atom is 0.327 e. The van der Waals surface area contributed by atoms with Crippen molar-refractivity contribution in [3.8, 4) is 0 Å². The van der Waals surface area contributed by atoms with Gasteiger partial charge in [-0.25, -0.2) is 8.91 Å². The van der Waals surface area contributed by atoms with Crippen molar-refractivity contribution in [2.24, 2.45) is 0 Å². The van der Waals surface area contributed by atoms with E-state index in [2.05, 4.69) is 10.1 Å². The third-order valence-electron chi connectivity index (χ3n) is 3.45. The third-order valence-corrected chi connectivity index (χ3v) is 3.45. The van der Waals surface area contributed by atoms with Crippen molar-refractivity contribution in [1.82, 2.24) is 14.6 Å². The van der Waals surface area contributed by atoms with E-state index < -0.39 is 37.2 Å². The Morgan fingerprint density at radius 1 is 1.55 bits per heavy atom. The maximum atomic E-state index is 15.0. The van der Waals surface area contributed by atoms with Crippen LogP contribution in [0.25, 0.3) is 5.52 Å². The molecule has 9 heteroatoms. The number of hydrogen-bond acceptors (Lipinski definition) is 6. The Bertz CT molecular complexity index is 664. The summed E-state index contributed by atoms with van der Waals surface area (Å²) in [5.74, 6) is -0.139. The van der Waals surface area contributed by atoms with Crippen LogP contribution in [0.15, 0.2) is 12.1 Å². The lowest BCUT2D eigenvalue weighted by atomic mass is 9.95. The number of anilines is 1. The normalized spacial score (nSPS) is 30.2. The number of nitrogens with two attached hydrogens (primary N) is 1. The average Bonchev–Trinajstić information content (AvgIpc) is 2.94. The lowest BCUT2D eigenvalue weighted by Crippen LogP contribution is -2.40. The molecule has 0 radical (unpaired) electrons. The van der Waals surface area contributed by atoms with Crippen LogP contribution in [0.2, 0.25) is 0 Å². The summed E-state index contributed by atoms with van der Waals surface area (Å²) in [5.41, 5.74) is 3.33. The molecule has 0 spiro atoms. The fourth-order valence-electron chi connectivity index (χ4n) is 2.38. The zero-order chi connectivity index (χ0) is 14.5. The van der Waals surface area contributed by atoms with Gasteiger partial charge in [0, 0.05) is 0 Å². The van der Waals surface area contributed by atoms with E-state index in [1.54, 1.807) is 0 Å². The Kier molecular flexibility index (Phi) is 2.85. The smallest absolute Gasteiger partial charge is 0.327 e. The molecule has 0 saturated carbocycles. The number of nitrogen functional groups attached to an aromatic ring is 1. The van der Waals surface area contributed by atoms with Gasteiger partial charge in [0.25, 0.3) is 0 Å². The van der Waals surface area contributed by atoms with Crippen molar-refractivity contribution in [3.05, 3.63) is 23.9 Å². The Morgan fingerprint density at radius 3 is 2.95 bits per heavy atom. The second-order valence-electron chi connectivity index (χ2n) is 4.62. The van der Waals surface area contributed by atoms with Gasteiger partial charge in [0.2, 0.25) is 5.67 Å². The minimum absolute atomic E-state index is 0.107. The molecule has 0 bridgehead atoms. The van der Waals surface area contributed by atoms with Crippen LogP contribution in [0.4, 0.5) is 14.6 Å². The van der Waals surface area contributed by atoms with Crippen molar-refractivity contribution in [2.45, 2.75) is 17.9 Å². The molecular weight excluding hydrogens is 274 g/mol. The van der Waals surface area contributed by atoms with Gasteiger partial charge in [0.15, 0.2) is 5.82 Å². The van der Waals surface area contributed by atoms with E-state index in [1.807, 2.05) is 0 Å². The van der Waals surface area contributed by atoms with Gasteiger partial charge in [-0.15, -0.1) is 5.10 Å². The SMILES string of the molecule is Nc1nc(F)nn2c(C3(F)COC(CO)C3O)ccc12. The zero-order valence-corrected chi connectivity index (χ0v) is 10.2. The lowest BCUT2D eigenvalue weighted by Gasteiger charge is -2.22. The summed E-state index contributed by atoms with van der Waals surface area (Å²) in [6, 6.07) is 2.75. The Morgan fingerprint density at radius 2 is 2.30 bits per heavy atom. The molecule has 3 rings (SSSR count). The number of aliphatic hydroxyl groups excluding tert-OH is 2. The number of nitrogens with zero attached hydrogens (tertiary/aromatic N) is 3. The minimum atomic E-state index is -2.31. The van der Waals surface area contributed by atoms with Crippen LogP contribution in [-0.4, -0.2) is 50.2 Å². The van der Waals surface area contributed by atoms with Gasteiger partial charge >= 0.3 is 6.08 Å². The minimum Gasteiger partial charge on any atom is -0.394 e. The second-order valence-corrected chi connectivity index (χ2v) is 4.62. The van der Waals surface area contributed by atoms with Crippen LogP contribution in [0, 0.1) is 6.08 Å². The summed E-state index contributed by atoms with van der Waals surface area (Å²) in [5, 5.41) is 22.4. The Labute approximate surface area is 111 Å². The molecule has 3 unspecified atom stereocenters. The molecule has 1 saturated heterocycles. The van der Waals surface area contributed by atoms with Crippen LogP contribution in [0.3, 0.4) is 0 Å². The van der Waals surface area contributed by atoms with Gasteiger partial charge in [0.05, 0.1) is 18.9 Å². The van der Waals surface area contributed by atoms with Crippen LogP contribution in [0.1, 0.15) is 5.69 Å². The average molecular weight is 286 g/mol. The van der Waals surface area contributed by atoms with Crippen LogP contribution >= 0.6 is 0 Å². The first-order valence-electron chi connectivity index (χ1n) is 5.88. The number of aromatic nitrogens is 3. The van der Waals surface area contributed by atoms with Gasteiger partial charge < -0.3 is 20.7 Å². The number of halogens is 2. The number of fused-ring (bicyclic) bond motifs is 1. The summed E-state index contributed by atoms with van der Waals surface area (Å²) < 4.78 is 34.2. The molecule has 0 aromatic carbocycles. The first-order valence-corrected chi connectivity index (χ1v) is 5.88. The molecule has 2 aromatic heterocycles. The molecule has 1 fully saturated rings. The topological polar surface area (TPSA) is 106 Å². The fraction of sp³-hybridized carbons (Fsp3) is 0.455. The van der Waals surface area contributed by atoms with E-state index in [0.717, 1.165) is 4.52 Å². The van der Waals surface area contributed by atoms with E-state index in [1.165, 1.54) is 12.1 Å². The predicted octanol–water partition coefficient (Wildman–Crippen LogP) is -0.633. The molecular formula is C11H12F2N4O3. The van der Waals surface area contributed by atoms with Crippen molar-refractivity contribution >= 4 is 11.3 Å². The Hall–Kier alpha value is -1.84. The molecule has 3 atom stereocenters. The Balaban J connectivity index is 2.15. The van der Waals surface area contributed by atoms with Crippen LogP contribution < -0.4 is 5.73 Å². The first kappa shape index (κ1) is 13.2. The summed E-state index contributed by atoms with van der Waals surface area (Å²) in [4.78, 5) is 3.34. The number of ether oxygens (including phenoxy) is 1. The van der Waals surface area contributed by atoms with Gasteiger partial charge in [-0.2, -0.15) is 9.37 Å². The van der Waals surface area contributed by atoms with Crippen LogP contribution in [0.5, 0.6) is 0 Å². The van der Waals surface area contributed by atoms with E-state index >= 15 is 0 Å². The van der Waals surface area contributed by atoms with E-state index in [0.29, 0.717) is 0 Å². The molecule has 20 heavy (non-hydrogen) atoms. The highest BCUT2D eigenvalue weighted by atomic mass is 19.1. The predicted molar refractivity (Wildman–Crippen MR) is 63.0 cm³/mol. The molecule has 2 aromatic rings. The highest BCUT2D eigenvalue weighted by Crippen LogP contribution is 2.39. The molecule has 0 aliphatic carbocycles. The highest BCUT2D eigenvalue weighted by molar-refractivity contribution is 5.65. The number of hydrogen-bond donors (Lipinski definition) is 3. The molecule has 0 amide bonds. The molecule has 4 N–H and O–H groups in total. The quantitative estimate of drug-likeness (QED) is 0.678. The van der Waals surface area contributed by atoms with Crippen molar-refractivity contribution in [3.63, 3.8) is 0 Å². The van der Waals surface area contributed by atoms with Gasteiger partial charge in [-0.3, -0.25) is 0 Å². The standard InChI is InChI=1S/C11H12F2N4O3/c12-10-15-9(14)5-1-2-7(17(5)16-10)11(13)4-20-6(3-18)8(11)19/h1-2,6,8,18-19H,3-4H2,(H2,14,15,16). The van der Waals surface area contributed by atoms with E-state index in [9.17, 15) is 13.9 Å². The van der Waals surface area contributed by atoms with Crippen molar-refractivity contribution in [2.75, 3.05) is 18.9 Å². The molecule has 1 aliphatic heterocycles. The molecule has 7 nitrogen and oxygen atoms in total. The molecule has 108 valence electrons. The number of rotatable bonds is 2. The molecule has 3 heterocycles. The van der Waals surface area contributed by atoms with Crippen molar-refractivity contribution in [1.29, 1.82) is 0 Å². The number of alkyl halides is 1. The fourth-order valence-corrected chi connectivity index (χ4v) is 2.38. The highest BCUT2D eigenvalue weighted by Gasteiger charge is 2.52. The van der Waals surface area contributed by atoms with Gasteiger partial charge in [-0.1, -0.05) is 0 Å². The largest absolute Gasteiger partial charge is 0.394 e. The van der Waals surface area contributed by atoms with E-state index in [4.69, 9.17) is 15.6 Å². The summed E-state index contributed by atoms with van der Waals surface area (Å²) >= 11 is 0. The summed E-state index contributed by atoms with van der Waals surface area (Å²) in [7, 11) is 0. The monoisotopic (exact) mass is 286 g/mol. The van der Waals surface area contributed by atoms with Crippen molar-refractivity contribution < 1.29 is 23.7 Å². The zero-order valence-electron chi connectivity index (χ0n) is 10.2. The summed E-state index contributed by atoms with van der Waals surface area (Å²) in [6.45, 7) is -1.00. The second kappa shape index (κ2) is 4.33. The summed E-state index contributed by atoms with van der Waals surface area (Å²) in [6.07, 6.45) is -3.75. The van der Waals surface area contributed by atoms with Gasteiger partial charge in [0.1, 0.15) is 17.7 Å². The first-order chi connectivity index (χ1) is 9.47. The van der Waals surface area contributed by atoms with Crippen LogP contribution in [-0.2, 0) is 10.4 Å². The number of aliphatic hydroxyl groups is 2. The lowest BCUT2D eigenvalue weighted by molar-refractivity contribution is -0.0168. The maximum absolute atomic E-state index is 15.0. The van der Waals surface area contributed by atoms with E-state index in [-0.39, 0.29) is 17.0 Å².